The van der Waals surface area contributed by atoms with Gasteiger partial charge in [-0.3, -0.25) is 4.79 Å². The van der Waals surface area contributed by atoms with Crippen molar-refractivity contribution in [1.82, 2.24) is 4.90 Å². The Bertz CT molecular complexity index is 444. The lowest BCUT2D eigenvalue weighted by atomic mass is 10.0. The molecule has 1 atom stereocenters. The molecule has 2 nitrogen and oxygen atoms in total. The van der Waals surface area contributed by atoms with Gasteiger partial charge in [0.2, 0.25) is 5.91 Å². The molecule has 1 fully saturated rings. The van der Waals surface area contributed by atoms with Crippen LogP contribution in [0.4, 0.5) is 0 Å². The summed E-state index contributed by atoms with van der Waals surface area (Å²) in [5, 5.41) is 0.533. The first-order valence-corrected chi connectivity index (χ1v) is 8.10. The summed E-state index contributed by atoms with van der Waals surface area (Å²) < 4.78 is 0. The number of nitrogens with zero attached hydrogens (tertiary/aromatic N) is 1. The van der Waals surface area contributed by atoms with Gasteiger partial charge >= 0.3 is 0 Å². The summed E-state index contributed by atoms with van der Waals surface area (Å²) in [4.78, 5) is 14.1. The summed E-state index contributed by atoms with van der Waals surface area (Å²) in [5.74, 6) is 1.45. The second-order valence-electron chi connectivity index (χ2n) is 5.48. The summed E-state index contributed by atoms with van der Waals surface area (Å²) >= 11 is 1.99. The van der Waals surface area contributed by atoms with E-state index < -0.39 is 0 Å². The molecule has 1 aromatic carbocycles. The smallest absolute Gasteiger partial charge is 0.225 e. The van der Waals surface area contributed by atoms with Gasteiger partial charge in [0, 0.05) is 30.0 Å². The average Bonchev–Trinajstić information content (AvgIpc) is 2.64. The number of thioether (sulfide) groups is 1. The summed E-state index contributed by atoms with van der Waals surface area (Å²) in [6.07, 6.45) is 1.06. The van der Waals surface area contributed by atoms with Crippen LogP contribution in [0.25, 0.3) is 0 Å². The Morgan fingerprint density at radius 2 is 2.05 bits per heavy atom. The van der Waals surface area contributed by atoms with Crippen molar-refractivity contribution in [1.29, 1.82) is 0 Å². The normalized spacial score (nSPS) is 20.4. The number of carbonyl (C=O) groups is 1. The molecule has 2 rings (SSSR count). The Morgan fingerprint density at radius 1 is 1.32 bits per heavy atom. The van der Waals surface area contributed by atoms with Crippen LogP contribution in [0.15, 0.2) is 24.3 Å². The quantitative estimate of drug-likeness (QED) is 0.822. The van der Waals surface area contributed by atoms with Gasteiger partial charge in [0.25, 0.3) is 0 Å². The van der Waals surface area contributed by atoms with Crippen molar-refractivity contribution in [2.45, 2.75) is 32.4 Å². The summed E-state index contributed by atoms with van der Waals surface area (Å²) in [5.41, 5.74) is 2.80. The molecule has 0 bridgehead atoms. The molecule has 1 saturated heterocycles. The molecule has 1 unspecified atom stereocenters. The Kier molecular flexibility index (Phi) is 4.92. The zero-order valence-corrected chi connectivity index (χ0v) is 12.9. The SMILES string of the molecule is Cc1ccccc1C1CCN(C(=O)C(C)C)CCS1. The molecule has 1 heterocycles. The number of hydrogen-bond acceptors (Lipinski definition) is 2. The fourth-order valence-corrected chi connectivity index (χ4v) is 3.88. The molecule has 0 radical (unpaired) electrons. The number of rotatable bonds is 2. The van der Waals surface area contributed by atoms with Gasteiger partial charge in [-0.1, -0.05) is 38.1 Å². The van der Waals surface area contributed by atoms with E-state index >= 15 is 0 Å². The molecule has 0 aliphatic carbocycles. The van der Waals surface area contributed by atoms with Gasteiger partial charge in [-0.15, -0.1) is 0 Å². The number of amides is 1. The Hall–Kier alpha value is -0.960. The lowest BCUT2D eigenvalue weighted by Crippen LogP contribution is -2.35. The van der Waals surface area contributed by atoms with Crippen LogP contribution in [0, 0.1) is 12.8 Å². The highest BCUT2D eigenvalue weighted by Crippen LogP contribution is 2.36. The third-order valence-corrected chi connectivity index (χ3v) is 4.99. The number of aryl methyl sites for hydroxylation is 1. The first-order valence-electron chi connectivity index (χ1n) is 7.05. The monoisotopic (exact) mass is 277 g/mol. The molecular formula is C16H23NOS. The fraction of sp³-hybridized carbons (Fsp3) is 0.562. The van der Waals surface area contributed by atoms with Crippen molar-refractivity contribution >= 4 is 17.7 Å². The van der Waals surface area contributed by atoms with Crippen LogP contribution in [0.3, 0.4) is 0 Å². The van der Waals surface area contributed by atoms with E-state index in [1.54, 1.807) is 0 Å². The summed E-state index contributed by atoms with van der Waals surface area (Å²) in [7, 11) is 0. The highest BCUT2D eigenvalue weighted by Gasteiger charge is 2.23. The Labute approximate surface area is 120 Å². The highest BCUT2D eigenvalue weighted by molar-refractivity contribution is 7.99. The van der Waals surface area contributed by atoms with Gasteiger partial charge in [-0.25, -0.2) is 0 Å². The maximum absolute atomic E-state index is 12.1. The molecule has 1 aromatic rings. The van der Waals surface area contributed by atoms with Crippen molar-refractivity contribution in [2.75, 3.05) is 18.8 Å². The number of benzene rings is 1. The number of carbonyl (C=O) groups excluding carboxylic acids is 1. The van der Waals surface area contributed by atoms with Crippen LogP contribution in [-0.4, -0.2) is 29.6 Å². The van der Waals surface area contributed by atoms with Gasteiger partial charge in [0.05, 0.1) is 0 Å². The second-order valence-corrected chi connectivity index (χ2v) is 6.80. The van der Waals surface area contributed by atoms with E-state index in [2.05, 4.69) is 31.2 Å². The molecule has 1 aliphatic heterocycles. The van der Waals surface area contributed by atoms with Crippen molar-refractivity contribution in [3.8, 4) is 0 Å². The minimum atomic E-state index is 0.111. The van der Waals surface area contributed by atoms with Crippen LogP contribution < -0.4 is 0 Å². The summed E-state index contributed by atoms with van der Waals surface area (Å²) in [6, 6.07) is 8.62. The van der Waals surface area contributed by atoms with Crippen LogP contribution in [0.2, 0.25) is 0 Å². The number of hydrogen-bond donors (Lipinski definition) is 0. The third kappa shape index (κ3) is 3.53. The van der Waals surface area contributed by atoms with Gasteiger partial charge < -0.3 is 4.90 Å². The second kappa shape index (κ2) is 6.47. The minimum Gasteiger partial charge on any atom is -0.342 e. The topological polar surface area (TPSA) is 20.3 Å². The third-order valence-electron chi connectivity index (χ3n) is 3.68. The minimum absolute atomic E-state index is 0.111. The molecule has 104 valence electrons. The van der Waals surface area contributed by atoms with E-state index in [0.717, 1.165) is 25.3 Å². The maximum atomic E-state index is 12.1. The van der Waals surface area contributed by atoms with Crippen molar-refractivity contribution < 1.29 is 4.79 Å². The zero-order valence-electron chi connectivity index (χ0n) is 12.1. The van der Waals surface area contributed by atoms with Crippen LogP contribution in [0.1, 0.15) is 36.6 Å². The van der Waals surface area contributed by atoms with Gasteiger partial charge in [-0.2, -0.15) is 11.8 Å². The molecule has 1 aliphatic rings. The lowest BCUT2D eigenvalue weighted by Gasteiger charge is -2.22. The predicted octanol–water partition coefficient (Wildman–Crippen LogP) is 3.66. The molecule has 0 spiro atoms. The maximum Gasteiger partial charge on any atom is 0.225 e. The molecule has 1 amide bonds. The Balaban J connectivity index is 2.05. The van der Waals surface area contributed by atoms with E-state index in [1.165, 1.54) is 11.1 Å². The van der Waals surface area contributed by atoms with Crippen LogP contribution in [-0.2, 0) is 4.79 Å². The van der Waals surface area contributed by atoms with Gasteiger partial charge in [-0.05, 0) is 24.5 Å². The first-order chi connectivity index (χ1) is 9.09. The molecule has 0 saturated carbocycles. The van der Waals surface area contributed by atoms with E-state index in [1.807, 2.05) is 30.5 Å². The van der Waals surface area contributed by atoms with E-state index in [9.17, 15) is 4.79 Å². The largest absolute Gasteiger partial charge is 0.342 e. The van der Waals surface area contributed by atoms with Gasteiger partial charge in [0.1, 0.15) is 0 Å². The van der Waals surface area contributed by atoms with Crippen molar-refractivity contribution in [3.05, 3.63) is 35.4 Å². The molecule has 19 heavy (non-hydrogen) atoms. The fourth-order valence-electron chi connectivity index (χ4n) is 2.55. The first kappa shape index (κ1) is 14.4. The lowest BCUT2D eigenvalue weighted by molar-refractivity contribution is -0.134. The molecule has 3 heteroatoms. The zero-order chi connectivity index (χ0) is 13.8. The molecule has 0 N–H and O–H groups in total. The highest BCUT2D eigenvalue weighted by atomic mass is 32.2. The average molecular weight is 277 g/mol. The van der Waals surface area contributed by atoms with Crippen molar-refractivity contribution in [2.24, 2.45) is 5.92 Å². The molecular weight excluding hydrogens is 254 g/mol. The van der Waals surface area contributed by atoms with E-state index in [-0.39, 0.29) is 5.92 Å². The van der Waals surface area contributed by atoms with Crippen LogP contribution in [0.5, 0.6) is 0 Å². The molecule has 0 aromatic heterocycles. The van der Waals surface area contributed by atoms with Gasteiger partial charge in [0.15, 0.2) is 0 Å². The van der Waals surface area contributed by atoms with Crippen LogP contribution >= 0.6 is 11.8 Å². The predicted molar refractivity (Wildman–Crippen MR) is 82.4 cm³/mol. The standard InChI is InChI=1S/C16H23NOS/c1-12(2)16(18)17-9-8-15(19-11-10-17)14-7-5-4-6-13(14)3/h4-7,12,15H,8-11H2,1-3H3. The Morgan fingerprint density at radius 3 is 2.74 bits per heavy atom. The summed E-state index contributed by atoms with van der Waals surface area (Å²) in [6.45, 7) is 7.93. The van der Waals surface area contributed by atoms with E-state index in [4.69, 9.17) is 0 Å². The van der Waals surface area contributed by atoms with E-state index in [0.29, 0.717) is 11.2 Å². The van der Waals surface area contributed by atoms with Crippen molar-refractivity contribution in [3.63, 3.8) is 0 Å².